The molecule has 90 valence electrons. The maximum atomic E-state index is 11.6. The van der Waals surface area contributed by atoms with Crippen molar-refractivity contribution in [3.8, 4) is 0 Å². The molecular formula is C12H17BrO3. The summed E-state index contributed by atoms with van der Waals surface area (Å²) in [7, 11) is 0. The minimum absolute atomic E-state index is 0.0620. The third-order valence-corrected chi connectivity index (χ3v) is 4.20. The predicted molar refractivity (Wildman–Crippen MR) is 65.5 cm³/mol. The third kappa shape index (κ3) is 2.94. The summed E-state index contributed by atoms with van der Waals surface area (Å²) in [6, 6.07) is 0. The number of carbonyl (C=O) groups is 2. The summed E-state index contributed by atoms with van der Waals surface area (Å²) in [5, 5.41) is 0.546. The van der Waals surface area contributed by atoms with E-state index in [9.17, 15) is 9.59 Å². The van der Waals surface area contributed by atoms with Gasteiger partial charge < -0.3 is 4.74 Å². The van der Waals surface area contributed by atoms with Gasteiger partial charge in [-0.05, 0) is 25.8 Å². The summed E-state index contributed by atoms with van der Waals surface area (Å²) >= 11 is 3.36. The first-order valence-corrected chi connectivity index (χ1v) is 6.46. The standard InChI is InChI=1S/C12H17BrO3/c1-8-4-5-10(6-11(8)15)12(3,7-13)16-9(2)14/h4,10H,5-7H2,1-3H3/t10-,12?/m0/s1. The normalized spacial score (nSPS) is 24.6. The van der Waals surface area contributed by atoms with E-state index in [1.807, 2.05) is 19.9 Å². The topological polar surface area (TPSA) is 43.4 Å². The largest absolute Gasteiger partial charge is 0.458 e. The first kappa shape index (κ1) is 13.4. The van der Waals surface area contributed by atoms with Crippen molar-refractivity contribution >= 4 is 27.7 Å². The summed E-state index contributed by atoms with van der Waals surface area (Å²) in [4.78, 5) is 22.7. The highest BCUT2D eigenvalue weighted by Crippen LogP contribution is 2.34. The first-order chi connectivity index (χ1) is 7.39. The molecule has 1 unspecified atom stereocenters. The van der Waals surface area contributed by atoms with Gasteiger partial charge in [0.05, 0.1) is 0 Å². The molecule has 0 saturated carbocycles. The monoisotopic (exact) mass is 288 g/mol. The van der Waals surface area contributed by atoms with E-state index in [1.54, 1.807) is 0 Å². The average Bonchev–Trinajstić information content (AvgIpc) is 2.21. The molecule has 2 atom stereocenters. The van der Waals surface area contributed by atoms with E-state index in [1.165, 1.54) is 6.92 Å². The Bertz CT molecular complexity index is 335. The Morgan fingerprint density at radius 3 is 2.75 bits per heavy atom. The van der Waals surface area contributed by atoms with Crippen LogP contribution in [0, 0.1) is 5.92 Å². The number of alkyl halides is 1. The maximum Gasteiger partial charge on any atom is 0.303 e. The number of ether oxygens (including phenoxy) is 1. The van der Waals surface area contributed by atoms with Crippen molar-refractivity contribution in [2.45, 2.75) is 39.2 Å². The fraction of sp³-hybridized carbons (Fsp3) is 0.667. The molecule has 1 aliphatic rings. The van der Waals surface area contributed by atoms with Crippen LogP contribution in [0.1, 0.15) is 33.6 Å². The number of allylic oxidation sites excluding steroid dienone is 2. The second-order valence-electron chi connectivity index (χ2n) is 4.49. The minimum atomic E-state index is -0.599. The number of esters is 1. The van der Waals surface area contributed by atoms with Crippen LogP contribution in [0.4, 0.5) is 0 Å². The molecular weight excluding hydrogens is 272 g/mol. The molecule has 0 spiro atoms. The van der Waals surface area contributed by atoms with Gasteiger partial charge >= 0.3 is 5.97 Å². The van der Waals surface area contributed by atoms with E-state index in [0.29, 0.717) is 11.8 Å². The number of hydrogen-bond acceptors (Lipinski definition) is 3. The molecule has 0 bridgehead atoms. The molecule has 1 rings (SSSR count). The molecule has 0 N–H and O–H groups in total. The highest BCUT2D eigenvalue weighted by atomic mass is 79.9. The van der Waals surface area contributed by atoms with Gasteiger partial charge in [0, 0.05) is 24.6 Å². The molecule has 0 aliphatic heterocycles. The Morgan fingerprint density at radius 1 is 1.69 bits per heavy atom. The molecule has 0 aromatic rings. The lowest BCUT2D eigenvalue weighted by atomic mass is 9.79. The van der Waals surface area contributed by atoms with E-state index in [-0.39, 0.29) is 17.7 Å². The van der Waals surface area contributed by atoms with E-state index in [0.717, 1.165) is 12.0 Å². The van der Waals surface area contributed by atoms with Crippen molar-refractivity contribution < 1.29 is 14.3 Å². The number of ketones is 1. The summed E-state index contributed by atoms with van der Waals surface area (Å²) in [5.41, 5.74) is 0.217. The van der Waals surface area contributed by atoms with Crippen LogP contribution in [0.25, 0.3) is 0 Å². The van der Waals surface area contributed by atoms with Gasteiger partial charge in [0.1, 0.15) is 5.60 Å². The fourth-order valence-corrected chi connectivity index (χ4v) is 2.49. The molecule has 0 amide bonds. The third-order valence-electron chi connectivity index (χ3n) is 3.09. The molecule has 0 saturated heterocycles. The fourth-order valence-electron chi connectivity index (χ4n) is 1.91. The average molecular weight is 289 g/mol. The van der Waals surface area contributed by atoms with Crippen molar-refractivity contribution in [2.24, 2.45) is 5.92 Å². The van der Waals surface area contributed by atoms with Crippen LogP contribution in [0.5, 0.6) is 0 Å². The van der Waals surface area contributed by atoms with Crippen LogP contribution in [0.2, 0.25) is 0 Å². The molecule has 0 aromatic carbocycles. The van der Waals surface area contributed by atoms with Gasteiger partial charge in [-0.2, -0.15) is 0 Å². The summed E-state index contributed by atoms with van der Waals surface area (Å²) in [6.07, 6.45) is 3.17. The van der Waals surface area contributed by atoms with Crippen LogP contribution >= 0.6 is 15.9 Å². The summed E-state index contributed by atoms with van der Waals surface area (Å²) in [6.45, 7) is 5.10. The SMILES string of the molecule is CC(=O)OC(C)(CBr)[C@H]1CC=C(C)C(=O)C1. The second-order valence-corrected chi connectivity index (χ2v) is 5.05. The lowest BCUT2D eigenvalue weighted by molar-refractivity contribution is -0.159. The molecule has 3 nitrogen and oxygen atoms in total. The lowest BCUT2D eigenvalue weighted by Crippen LogP contribution is -2.43. The Morgan fingerprint density at radius 2 is 2.31 bits per heavy atom. The van der Waals surface area contributed by atoms with Crippen LogP contribution in [-0.4, -0.2) is 22.7 Å². The molecule has 0 fully saturated rings. The Labute approximate surface area is 104 Å². The van der Waals surface area contributed by atoms with Crippen LogP contribution in [-0.2, 0) is 14.3 Å². The molecule has 16 heavy (non-hydrogen) atoms. The van der Waals surface area contributed by atoms with Crippen molar-refractivity contribution in [1.82, 2.24) is 0 Å². The Hall–Kier alpha value is -0.640. The van der Waals surface area contributed by atoms with Gasteiger partial charge in [-0.1, -0.05) is 22.0 Å². The summed E-state index contributed by atoms with van der Waals surface area (Å²) < 4.78 is 5.34. The van der Waals surface area contributed by atoms with Gasteiger partial charge in [-0.15, -0.1) is 0 Å². The first-order valence-electron chi connectivity index (χ1n) is 5.34. The molecule has 0 aromatic heterocycles. The zero-order valence-corrected chi connectivity index (χ0v) is 11.5. The number of carbonyl (C=O) groups excluding carboxylic acids is 2. The van der Waals surface area contributed by atoms with E-state index in [4.69, 9.17) is 4.74 Å². The van der Waals surface area contributed by atoms with E-state index >= 15 is 0 Å². The Balaban J connectivity index is 2.82. The zero-order valence-electron chi connectivity index (χ0n) is 9.88. The van der Waals surface area contributed by atoms with Crippen LogP contribution in [0.3, 0.4) is 0 Å². The van der Waals surface area contributed by atoms with Crippen LogP contribution in [0.15, 0.2) is 11.6 Å². The highest BCUT2D eigenvalue weighted by molar-refractivity contribution is 9.09. The van der Waals surface area contributed by atoms with Crippen LogP contribution < -0.4 is 0 Å². The van der Waals surface area contributed by atoms with Gasteiger partial charge in [0.25, 0.3) is 0 Å². The number of halogens is 1. The molecule has 4 heteroatoms. The van der Waals surface area contributed by atoms with Gasteiger partial charge in [0.15, 0.2) is 5.78 Å². The molecule has 0 heterocycles. The van der Waals surface area contributed by atoms with E-state index in [2.05, 4.69) is 15.9 Å². The lowest BCUT2D eigenvalue weighted by Gasteiger charge is -2.36. The van der Waals surface area contributed by atoms with Crippen molar-refractivity contribution in [1.29, 1.82) is 0 Å². The molecule has 1 aliphatic carbocycles. The summed E-state index contributed by atoms with van der Waals surface area (Å²) in [5.74, 6) is -0.0942. The number of rotatable bonds is 3. The number of Topliss-reactive ketones (excluding diaryl/α,β-unsaturated/α-hetero) is 1. The predicted octanol–water partition coefficient (Wildman–Crippen LogP) is 2.63. The van der Waals surface area contributed by atoms with Gasteiger partial charge in [-0.3, -0.25) is 9.59 Å². The smallest absolute Gasteiger partial charge is 0.303 e. The minimum Gasteiger partial charge on any atom is -0.458 e. The van der Waals surface area contributed by atoms with E-state index < -0.39 is 5.60 Å². The zero-order chi connectivity index (χ0) is 12.3. The Kier molecular flexibility index (Phi) is 4.30. The van der Waals surface area contributed by atoms with Gasteiger partial charge in [-0.25, -0.2) is 0 Å². The van der Waals surface area contributed by atoms with Gasteiger partial charge in [0.2, 0.25) is 0 Å². The highest BCUT2D eigenvalue weighted by Gasteiger charge is 2.38. The number of hydrogen-bond donors (Lipinski definition) is 0. The molecule has 0 radical (unpaired) electrons. The van der Waals surface area contributed by atoms with Crippen molar-refractivity contribution in [3.63, 3.8) is 0 Å². The van der Waals surface area contributed by atoms with Crippen molar-refractivity contribution in [3.05, 3.63) is 11.6 Å². The van der Waals surface area contributed by atoms with Crippen molar-refractivity contribution in [2.75, 3.05) is 5.33 Å². The quantitative estimate of drug-likeness (QED) is 0.592. The second kappa shape index (κ2) is 5.13. The maximum absolute atomic E-state index is 11.6.